The largest absolute Gasteiger partial charge is 0.497 e. The van der Waals surface area contributed by atoms with Crippen LogP contribution in [0.4, 0.5) is 5.00 Å². The zero-order valence-electron chi connectivity index (χ0n) is 14.9. The molecule has 0 radical (unpaired) electrons. The molecule has 1 aromatic heterocycles. The number of sulfone groups is 1. The normalized spacial score (nSPS) is 13.9. The lowest BCUT2D eigenvalue weighted by Crippen LogP contribution is -2.23. The first-order valence-corrected chi connectivity index (χ1v) is 11.1. The number of benzene rings is 1. The lowest BCUT2D eigenvalue weighted by atomic mass is 10.1. The molecule has 0 saturated heterocycles. The Morgan fingerprint density at radius 3 is 2.59 bits per heavy atom. The van der Waals surface area contributed by atoms with Gasteiger partial charge in [-0.15, -0.1) is 11.3 Å². The predicted molar refractivity (Wildman–Crippen MR) is 104 cm³/mol. The van der Waals surface area contributed by atoms with Crippen molar-refractivity contribution in [1.82, 2.24) is 0 Å². The van der Waals surface area contributed by atoms with Crippen LogP contribution in [0.5, 0.6) is 5.75 Å². The number of amides is 1. The number of ether oxygens (including phenoxy) is 1. The van der Waals surface area contributed by atoms with Crippen molar-refractivity contribution in [3.63, 3.8) is 0 Å². The van der Waals surface area contributed by atoms with E-state index in [9.17, 15) is 18.5 Å². The van der Waals surface area contributed by atoms with Crippen molar-refractivity contribution < 1.29 is 17.9 Å². The predicted octanol–water partition coefficient (Wildman–Crippen LogP) is 3.31. The Labute approximate surface area is 162 Å². The zero-order chi connectivity index (χ0) is 19.4. The Hall–Kier alpha value is -2.37. The van der Waals surface area contributed by atoms with Gasteiger partial charge in [0.2, 0.25) is 5.91 Å². The summed E-state index contributed by atoms with van der Waals surface area (Å²) in [6.45, 7) is 0. The molecule has 2 aromatic rings. The van der Waals surface area contributed by atoms with E-state index < -0.39 is 21.5 Å². The van der Waals surface area contributed by atoms with Crippen LogP contribution in [-0.2, 0) is 27.5 Å². The number of hydrogen-bond acceptors (Lipinski definition) is 6. The molecule has 0 spiro atoms. The van der Waals surface area contributed by atoms with E-state index in [2.05, 4.69) is 11.4 Å². The molecule has 1 amide bonds. The van der Waals surface area contributed by atoms with Gasteiger partial charge >= 0.3 is 0 Å². The molecule has 1 aromatic carbocycles. The molecule has 0 saturated carbocycles. The number of nitrogens with zero attached hydrogens (tertiary/aromatic N) is 1. The van der Waals surface area contributed by atoms with Gasteiger partial charge in [0.05, 0.1) is 17.6 Å². The first-order chi connectivity index (χ1) is 12.9. The van der Waals surface area contributed by atoms with Gasteiger partial charge in [-0.25, -0.2) is 8.42 Å². The van der Waals surface area contributed by atoms with Gasteiger partial charge in [0.1, 0.15) is 22.6 Å². The molecule has 0 aliphatic heterocycles. The minimum atomic E-state index is -3.78. The van der Waals surface area contributed by atoms with Crippen LogP contribution >= 0.6 is 11.3 Å². The third-order valence-corrected chi connectivity index (χ3v) is 7.37. The fourth-order valence-electron chi connectivity index (χ4n) is 3.15. The second kappa shape index (κ2) is 8.11. The Morgan fingerprint density at radius 2 is 1.93 bits per heavy atom. The van der Waals surface area contributed by atoms with Crippen molar-refractivity contribution >= 4 is 32.1 Å². The molecule has 27 heavy (non-hydrogen) atoms. The van der Waals surface area contributed by atoms with Crippen LogP contribution in [0.25, 0.3) is 0 Å². The van der Waals surface area contributed by atoms with Crippen molar-refractivity contribution in [2.24, 2.45) is 0 Å². The SMILES string of the molecule is COc1ccc(S(=O)(=O)CC(=O)Nc2sc3c(c2C#N)CCCCC3)cc1. The molecule has 1 aliphatic carbocycles. The van der Waals surface area contributed by atoms with E-state index >= 15 is 0 Å². The van der Waals surface area contributed by atoms with Crippen LogP contribution in [0.2, 0.25) is 0 Å². The average molecular weight is 405 g/mol. The summed E-state index contributed by atoms with van der Waals surface area (Å²) in [7, 11) is -2.29. The van der Waals surface area contributed by atoms with E-state index in [0.29, 0.717) is 16.3 Å². The Kier molecular flexibility index (Phi) is 5.82. The highest BCUT2D eigenvalue weighted by Gasteiger charge is 2.24. The molecule has 8 heteroatoms. The summed E-state index contributed by atoms with van der Waals surface area (Å²) < 4.78 is 29.9. The number of nitriles is 1. The molecular formula is C19H20N2O4S2. The number of rotatable bonds is 5. The number of thiophene rings is 1. The molecule has 0 fully saturated rings. The second-order valence-electron chi connectivity index (χ2n) is 6.36. The van der Waals surface area contributed by atoms with E-state index in [-0.39, 0.29) is 4.90 Å². The van der Waals surface area contributed by atoms with E-state index in [4.69, 9.17) is 4.74 Å². The maximum absolute atomic E-state index is 12.5. The summed E-state index contributed by atoms with van der Waals surface area (Å²) in [5.41, 5.74) is 1.49. The number of anilines is 1. The van der Waals surface area contributed by atoms with E-state index in [1.807, 2.05) is 0 Å². The van der Waals surface area contributed by atoms with Crippen LogP contribution < -0.4 is 10.1 Å². The molecule has 1 N–H and O–H groups in total. The molecule has 142 valence electrons. The molecule has 3 rings (SSSR count). The van der Waals surface area contributed by atoms with Crippen LogP contribution in [0, 0.1) is 11.3 Å². The Balaban J connectivity index is 1.76. The number of methoxy groups -OCH3 is 1. The quantitative estimate of drug-likeness (QED) is 0.771. The van der Waals surface area contributed by atoms with Gasteiger partial charge in [0, 0.05) is 4.88 Å². The van der Waals surface area contributed by atoms with Crippen molar-refractivity contribution in [2.45, 2.75) is 37.0 Å². The number of aryl methyl sites for hydroxylation is 1. The van der Waals surface area contributed by atoms with Gasteiger partial charge in [-0.3, -0.25) is 4.79 Å². The zero-order valence-corrected chi connectivity index (χ0v) is 16.6. The van der Waals surface area contributed by atoms with Crippen LogP contribution in [0.15, 0.2) is 29.2 Å². The third kappa shape index (κ3) is 4.31. The molecule has 1 aliphatic rings. The maximum atomic E-state index is 12.5. The van der Waals surface area contributed by atoms with E-state index in [1.165, 1.54) is 42.7 Å². The van der Waals surface area contributed by atoms with Crippen LogP contribution in [0.3, 0.4) is 0 Å². The lowest BCUT2D eigenvalue weighted by molar-refractivity contribution is -0.113. The van der Waals surface area contributed by atoms with Gasteiger partial charge < -0.3 is 10.1 Å². The molecule has 0 bridgehead atoms. The Morgan fingerprint density at radius 1 is 1.22 bits per heavy atom. The molecular weight excluding hydrogens is 384 g/mol. The van der Waals surface area contributed by atoms with Crippen molar-refractivity contribution in [2.75, 3.05) is 18.2 Å². The number of nitrogens with one attached hydrogen (secondary N) is 1. The number of hydrogen-bond donors (Lipinski definition) is 1. The standard InChI is InChI=1S/C19H20N2O4S2/c1-25-13-7-9-14(10-8-13)27(23,24)12-18(22)21-19-16(11-20)15-5-3-2-4-6-17(15)26-19/h7-10H,2-6,12H2,1H3,(H,21,22). The van der Waals surface area contributed by atoms with Gasteiger partial charge in [0.15, 0.2) is 9.84 Å². The second-order valence-corrected chi connectivity index (χ2v) is 9.46. The molecule has 6 nitrogen and oxygen atoms in total. The summed E-state index contributed by atoms with van der Waals surface area (Å²) in [5, 5.41) is 12.6. The van der Waals surface area contributed by atoms with E-state index in [0.717, 1.165) is 42.5 Å². The maximum Gasteiger partial charge on any atom is 0.240 e. The van der Waals surface area contributed by atoms with Crippen LogP contribution in [-0.4, -0.2) is 27.2 Å². The van der Waals surface area contributed by atoms with Gasteiger partial charge in [-0.05, 0) is 55.5 Å². The van der Waals surface area contributed by atoms with Gasteiger partial charge in [0.25, 0.3) is 0 Å². The van der Waals surface area contributed by atoms with E-state index in [1.54, 1.807) is 0 Å². The summed E-state index contributed by atoms with van der Waals surface area (Å²) >= 11 is 1.39. The number of carbonyl (C=O) groups is 1. The van der Waals surface area contributed by atoms with Crippen LogP contribution in [0.1, 0.15) is 35.3 Å². The summed E-state index contributed by atoms with van der Waals surface area (Å²) in [6.07, 6.45) is 4.95. The van der Waals surface area contributed by atoms with Gasteiger partial charge in [-0.1, -0.05) is 6.42 Å². The fraction of sp³-hybridized carbons (Fsp3) is 0.368. The molecule has 0 atom stereocenters. The lowest BCUT2D eigenvalue weighted by Gasteiger charge is -2.07. The average Bonchev–Trinajstić information content (AvgIpc) is 2.80. The first-order valence-electron chi connectivity index (χ1n) is 8.66. The highest BCUT2D eigenvalue weighted by Crippen LogP contribution is 2.37. The molecule has 0 unspecified atom stereocenters. The summed E-state index contributed by atoms with van der Waals surface area (Å²) in [6, 6.07) is 8.07. The minimum Gasteiger partial charge on any atom is -0.497 e. The first kappa shape index (κ1) is 19.4. The smallest absolute Gasteiger partial charge is 0.240 e. The monoisotopic (exact) mass is 404 g/mol. The fourth-order valence-corrected chi connectivity index (χ4v) is 5.54. The topological polar surface area (TPSA) is 96.3 Å². The molecule has 1 heterocycles. The summed E-state index contributed by atoms with van der Waals surface area (Å²) in [4.78, 5) is 13.5. The van der Waals surface area contributed by atoms with Crippen molar-refractivity contribution in [1.29, 1.82) is 5.26 Å². The highest BCUT2D eigenvalue weighted by molar-refractivity contribution is 7.92. The highest BCUT2D eigenvalue weighted by atomic mass is 32.2. The van der Waals surface area contributed by atoms with Crippen molar-refractivity contribution in [3.8, 4) is 11.8 Å². The summed E-state index contributed by atoms with van der Waals surface area (Å²) in [5.74, 6) is -0.775. The third-order valence-electron chi connectivity index (χ3n) is 4.53. The van der Waals surface area contributed by atoms with Crippen molar-refractivity contribution in [3.05, 3.63) is 40.3 Å². The number of carbonyl (C=O) groups excluding carboxylic acids is 1. The number of fused-ring (bicyclic) bond motifs is 1. The van der Waals surface area contributed by atoms with Gasteiger partial charge in [-0.2, -0.15) is 5.26 Å². The Bertz CT molecular complexity index is 986. The minimum absolute atomic E-state index is 0.0564.